The van der Waals surface area contributed by atoms with Crippen molar-refractivity contribution in [2.75, 3.05) is 0 Å². The monoisotopic (exact) mass is 808 g/mol. The summed E-state index contributed by atoms with van der Waals surface area (Å²) in [5.74, 6) is 1.87. The van der Waals surface area contributed by atoms with Crippen molar-refractivity contribution < 1.29 is 0 Å². The van der Waals surface area contributed by atoms with Crippen LogP contribution in [0.25, 0.3) is 115 Å². The first kappa shape index (κ1) is 35.9. The van der Waals surface area contributed by atoms with Crippen molar-refractivity contribution >= 4 is 53.3 Å². The lowest BCUT2D eigenvalue weighted by molar-refractivity contribution is 1.07. The maximum Gasteiger partial charge on any atom is 0.164 e. The van der Waals surface area contributed by atoms with Crippen molar-refractivity contribution in [3.05, 3.63) is 218 Å². The summed E-state index contributed by atoms with van der Waals surface area (Å²) in [7, 11) is 0. The molecule has 3 aromatic heterocycles. The summed E-state index contributed by atoms with van der Waals surface area (Å²) >= 11 is 1.86. The molecule has 290 valence electrons. The fourth-order valence-electron chi connectivity index (χ4n) is 8.89. The third-order valence-electron chi connectivity index (χ3n) is 11.8. The molecule has 12 aromatic rings. The smallest absolute Gasteiger partial charge is 0.164 e. The van der Waals surface area contributed by atoms with Crippen LogP contribution in [-0.2, 0) is 0 Å². The highest BCUT2D eigenvalue weighted by atomic mass is 32.1. The zero-order chi connectivity index (χ0) is 41.0. The summed E-state index contributed by atoms with van der Waals surface area (Å²) in [6.07, 6.45) is 0. The molecule has 9 aromatic carbocycles. The Kier molecular flexibility index (Phi) is 8.65. The highest BCUT2D eigenvalue weighted by Gasteiger charge is 2.18. The van der Waals surface area contributed by atoms with Gasteiger partial charge >= 0.3 is 0 Å². The minimum Gasteiger partial charge on any atom is -0.309 e. The second kappa shape index (κ2) is 14.9. The van der Waals surface area contributed by atoms with Gasteiger partial charge in [-0.05, 0) is 100 Å². The predicted octanol–water partition coefficient (Wildman–Crippen LogP) is 15.3. The van der Waals surface area contributed by atoms with Gasteiger partial charge in [-0.15, -0.1) is 11.3 Å². The second-order valence-electron chi connectivity index (χ2n) is 15.6. The summed E-state index contributed by atoms with van der Waals surface area (Å²) in [5, 5.41) is 5.06. The lowest BCUT2D eigenvalue weighted by atomic mass is 9.96. The van der Waals surface area contributed by atoms with Gasteiger partial charge in [-0.3, -0.25) is 0 Å². The number of aromatic nitrogens is 4. The topological polar surface area (TPSA) is 43.6 Å². The average molecular weight is 809 g/mol. The Morgan fingerprint density at radius 2 is 0.806 bits per heavy atom. The van der Waals surface area contributed by atoms with Crippen molar-refractivity contribution in [2.24, 2.45) is 0 Å². The fraction of sp³-hybridized carbons (Fsp3) is 0. The minimum atomic E-state index is 0.618. The Balaban J connectivity index is 1.000. The number of benzene rings is 9. The molecule has 0 aliphatic heterocycles. The Bertz CT molecular complexity index is 3550. The number of thiophene rings is 1. The number of para-hydroxylation sites is 1. The highest BCUT2D eigenvalue weighted by molar-refractivity contribution is 7.25. The van der Waals surface area contributed by atoms with E-state index in [4.69, 9.17) is 15.0 Å². The minimum absolute atomic E-state index is 0.618. The van der Waals surface area contributed by atoms with Gasteiger partial charge in [0.1, 0.15) is 0 Å². The van der Waals surface area contributed by atoms with Gasteiger partial charge in [0.15, 0.2) is 17.5 Å². The van der Waals surface area contributed by atoms with Crippen LogP contribution in [0.4, 0.5) is 0 Å². The van der Waals surface area contributed by atoms with E-state index in [2.05, 4.69) is 193 Å². The molecule has 0 radical (unpaired) electrons. The van der Waals surface area contributed by atoms with Crippen LogP contribution in [0.3, 0.4) is 0 Å². The molecule has 0 N–H and O–H groups in total. The lowest BCUT2D eigenvalue weighted by Crippen LogP contribution is -2.01. The van der Waals surface area contributed by atoms with Crippen LogP contribution in [0.2, 0.25) is 0 Å². The molecule has 0 fully saturated rings. The van der Waals surface area contributed by atoms with Gasteiger partial charge in [-0.1, -0.05) is 152 Å². The van der Waals surface area contributed by atoms with Gasteiger partial charge < -0.3 is 4.57 Å². The molecule has 0 bridgehead atoms. The predicted molar refractivity (Wildman–Crippen MR) is 260 cm³/mol. The molecule has 0 spiro atoms. The zero-order valence-electron chi connectivity index (χ0n) is 33.5. The normalized spacial score (nSPS) is 11.5. The van der Waals surface area contributed by atoms with Gasteiger partial charge in [-0.2, -0.15) is 0 Å². The van der Waals surface area contributed by atoms with Gasteiger partial charge in [0.05, 0.1) is 11.0 Å². The summed E-state index contributed by atoms with van der Waals surface area (Å²) < 4.78 is 5.00. The van der Waals surface area contributed by atoms with Crippen LogP contribution in [0.5, 0.6) is 0 Å². The van der Waals surface area contributed by atoms with Gasteiger partial charge in [0.2, 0.25) is 0 Å². The quantitative estimate of drug-likeness (QED) is 0.161. The number of hydrogen-bond acceptors (Lipinski definition) is 4. The van der Waals surface area contributed by atoms with E-state index in [9.17, 15) is 0 Å². The van der Waals surface area contributed by atoms with E-state index in [1.165, 1.54) is 42.1 Å². The summed E-state index contributed by atoms with van der Waals surface area (Å²) in [6.45, 7) is 0. The Morgan fingerprint density at radius 1 is 0.306 bits per heavy atom. The van der Waals surface area contributed by atoms with Crippen molar-refractivity contribution in [1.82, 2.24) is 19.5 Å². The lowest BCUT2D eigenvalue weighted by Gasteiger charge is -2.13. The maximum absolute atomic E-state index is 5.22. The van der Waals surface area contributed by atoms with Crippen LogP contribution in [0, 0.1) is 0 Å². The molecular formula is C57H36N4S. The zero-order valence-corrected chi connectivity index (χ0v) is 34.3. The van der Waals surface area contributed by atoms with E-state index in [0.29, 0.717) is 17.5 Å². The Morgan fingerprint density at radius 3 is 1.48 bits per heavy atom. The molecule has 0 saturated heterocycles. The highest BCUT2D eigenvalue weighted by Crippen LogP contribution is 2.42. The van der Waals surface area contributed by atoms with E-state index < -0.39 is 0 Å². The molecule has 3 heterocycles. The third kappa shape index (κ3) is 6.26. The SMILES string of the molecule is c1ccc(-c2cc(-c3ccccc3)cc(-c3nc(-c4ccccc4)nc(-c4ccc(-n5c6ccccc6c6ccc(-c7cccc8sc9ccccc9c78)cc65)cc4)n3)c2)cc1. The standard InChI is InChI=1S/C57H36N4S/c1-4-15-37(16-5-1)42-33-43(38-17-6-2-7-18-38)35-44(34-42)57-59-55(39-19-8-3-9-20-39)58-56(60-57)40-27-30-45(31-28-40)61-50-24-12-10-21-47(50)48-32-29-41(36-51(48)61)46-23-14-26-53-54(46)49-22-11-13-25-52(49)62-53/h1-36H. The van der Waals surface area contributed by atoms with Crippen molar-refractivity contribution in [3.63, 3.8) is 0 Å². The molecule has 0 atom stereocenters. The Labute approximate surface area is 362 Å². The summed E-state index contributed by atoms with van der Waals surface area (Å²) in [4.78, 5) is 15.5. The first-order valence-electron chi connectivity index (χ1n) is 20.8. The molecule has 12 rings (SSSR count). The molecule has 5 heteroatoms. The second-order valence-corrected chi connectivity index (χ2v) is 16.7. The van der Waals surface area contributed by atoms with Crippen LogP contribution in [0.15, 0.2) is 218 Å². The summed E-state index contributed by atoms with van der Waals surface area (Å²) in [5.41, 5.74) is 13.1. The van der Waals surface area contributed by atoms with E-state index >= 15 is 0 Å². The summed E-state index contributed by atoms with van der Waals surface area (Å²) in [6, 6.07) is 77.5. The molecule has 0 unspecified atom stereocenters. The van der Waals surface area contributed by atoms with Crippen LogP contribution in [-0.4, -0.2) is 19.5 Å². The molecule has 0 aliphatic carbocycles. The number of nitrogens with zero attached hydrogens (tertiary/aromatic N) is 4. The first-order chi connectivity index (χ1) is 30.7. The number of rotatable bonds is 7. The van der Waals surface area contributed by atoms with Crippen LogP contribution < -0.4 is 0 Å². The molecule has 4 nitrogen and oxygen atoms in total. The maximum atomic E-state index is 5.22. The fourth-order valence-corrected chi connectivity index (χ4v) is 10.0. The van der Waals surface area contributed by atoms with Gasteiger partial charge in [0, 0.05) is 53.3 Å². The van der Waals surface area contributed by atoms with E-state index in [1.54, 1.807) is 0 Å². The molecule has 62 heavy (non-hydrogen) atoms. The number of hydrogen-bond donors (Lipinski definition) is 0. The van der Waals surface area contributed by atoms with Crippen molar-refractivity contribution in [2.45, 2.75) is 0 Å². The largest absolute Gasteiger partial charge is 0.309 e. The molecule has 0 aliphatic rings. The number of fused-ring (bicyclic) bond motifs is 6. The third-order valence-corrected chi connectivity index (χ3v) is 13.0. The van der Waals surface area contributed by atoms with Crippen molar-refractivity contribution in [3.8, 4) is 73.2 Å². The Hall–Kier alpha value is -7.99. The average Bonchev–Trinajstić information content (AvgIpc) is 3.90. The van der Waals surface area contributed by atoms with E-state index in [0.717, 1.165) is 55.7 Å². The van der Waals surface area contributed by atoms with Crippen LogP contribution in [0.1, 0.15) is 0 Å². The van der Waals surface area contributed by atoms with E-state index in [-0.39, 0.29) is 0 Å². The van der Waals surface area contributed by atoms with Crippen LogP contribution >= 0.6 is 11.3 Å². The molecule has 0 amide bonds. The van der Waals surface area contributed by atoms with E-state index in [1.807, 2.05) is 41.7 Å². The molecular weight excluding hydrogens is 773 g/mol. The molecule has 0 saturated carbocycles. The van der Waals surface area contributed by atoms with Crippen molar-refractivity contribution in [1.29, 1.82) is 0 Å². The van der Waals surface area contributed by atoms with Gasteiger partial charge in [-0.25, -0.2) is 15.0 Å². The van der Waals surface area contributed by atoms with Gasteiger partial charge in [0.25, 0.3) is 0 Å². The first-order valence-corrected chi connectivity index (χ1v) is 21.7.